The Morgan fingerprint density at radius 1 is 0.618 bits per heavy atom. The molecule has 0 amide bonds. The quantitative estimate of drug-likeness (QED) is 0.364. The highest BCUT2D eigenvalue weighted by Gasteiger charge is 2.18. The predicted octanol–water partition coefficient (Wildman–Crippen LogP) is 3.74. The van der Waals surface area contributed by atoms with Crippen molar-refractivity contribution >= 4 is 39.5 Å². The maximum absolute atomic E-state index is 4.65. The number of fused-ring (bicyclic) bond motifs is 4. The molecule has 0 saturated heterocycles. The van der Waals surface area contributed by atoms with Crippen LogP contribution in [0.2, 0.25) is 0 Å². The molecule has 0 bridgehead atoms. The van der Waals surface area contributed by atoms with Gasteiger partial charge in [-0.25, -0.2) is 24.3 Å². The van der Waals surface area contributed by atoms with E-state index < -0.39 is 0 Å². The third-order valence-corrected chi connectivity index (χ3v) is 6.44. The minimum Gasteiger partial charge on any atom is -0.259 e. The summed E-state index contributed by atoms with van der Waals surface area (Å²) in [4.78, 5) is 13.6. The van der Waals surface area contributed by atoms with Gasteiger partial charge in [0.05, 0.1) is 34.5 Å². The van der Waals surface area contributed by atoms with E-state index in [4.69, 9.17) is 0 Å². The molecule has 10 nitrogen and oxygen atoms in total. The van der Waals surface area contributed by atoms with Crippen LogP contribution < -0.4 is 0 Å². The van der Waals surface area contributed by atoms with Crippen molar-refractivity contribution < 1.29 is 0 Å². The number of hydrogen-bond donors (Lipinski definition) is 0. The number of para-hydroxylation sites is 2. The van der Waals surface area contributed by atoms with Gasteiger partial charge in [0.15, 0.2) is 16.9 Å². The fourth-order valence-corrected chi connectivity index (χ4v) is 4.72. The average molecular weight is 463 g/mol. The predicted molar refractivity (Wildman–Crippen MR) is 126 cm³/mol. The van der Waals surface area contributed by atoms with Gasteiger partial charge in [-0.1, -0.05) is 36.4 Å². The van der Waals surface area contributed by atoms with E-state index >= 15 is 0 Å². The second-order valence-corrected chi connectivity index (χ2v) is 8.42. The Morgan fingerprint density at radius 2 is 1.26 bits per heavy atom. The van der Waals surface area contributed by atoms with Crippen molar-refractivity contribution in [3.63, 3.8) is 0 Å². The van der Waals surface area contributed by atoms with Crippen molar-refractivity contribution in [3.8, 4) is 11.4 Å². The summed E-state index contributed by atoms with van der Waals surface area (Å²) in [5.41, 5.74) is 3.99. The third kappa shape index (κ3) is 2.87. The molecule has 0 saturated carbocycles. The second kappa shape index (κ2) is 7.46. The molecule has 0 radical (unpaired) electrons. The highest BCUT2D eigenvalue weighted by molar-refractivity contribution is 7.99. The number of nitrogens with zero attached hydrogens (tertiary/aromatic N) is 10. The van der Waals surface area contributed by atoms with Gasteiger partial charge in [0, 0.05) is 0 Å². The molecule has 5 heterocycles. The standard InChI is InChI=1S/C23H14N10S/c1-3-7-15(8-4-1)32-19-17(11-27-32)21-29-30-23(31(21)14-26-19)34-22-18-12-28-33(20(18)24-13-25-22)16-9-5-2-6-10-16/h1-14H. The first-order valence-electron chi connectivity index (χ1n) is 10.4. The Kier molecular flexibility index (Phi) is 4.14. The maximum atomic E-state index is 4.65. The van der Waals surface area contributed by atoms with E-state index in [-0.39, 0.29) is 0 Å². The third-order valence-electron chi connectivity index (χ3n) is 5.46. The van der Waals surface area contributed by atoms with Gasteiger partial charge in [-0.05, 0) is 36.0 Å². The summed E-state index contributed by atoms with van der Waals surface area (Å²) in [5, 5.41) is 20.9. The maximum Gasteiger partial charge on any atom is 0.203 e. The molecule has 0 fully saturated rings. The molecule has 7 rings (SSSR count). The molecule has 0 aliphatic rings. The molecule has 0 aliphatic heterocycles. The second-order valence-electron chi connectivity index (χ2n) is 7.46. The zero-order valence-electron chi connectivity index (χ0n) is 17.5. The van der Waals surface area contributed by atoms with Crippen molar-refractivity contribution in [2.24, 2.45) is 0 Å². The van der Waals surface area contributed by atoms with Crippen LogP contribution in [0.5, 0.6) is 0 Å². The molecule has 2 aromatic carbocycles. The van der Waals surface area contributed by atoms with Gasteiger partial charge in [0.25, 0.3) is 0 Å². The van der Waals surface area contributed by atoms with Crippen LogP contribution in [-0.4, -0.2) is 49.1 Å². The van der Waals surface area contributed by atoms with Crippen molar-refractivity contribution in [1.29, 1.82) is 0 Å². The van der Waals surface area contributed by atoms with Crippen molar-refractivity contribution in [2.75, 3.05) is 0 Å². The number of rotatable bonds is 4. The van der Waals surface area contributed by atoms with E-state index in [1.165, 1.54) is 18.1 Å². The summed E-state index contributed by atoms with van der Waals surface area (Å²) in [6.07, 6.45) is 6.79. The molecule has 34 heavy (non-hydrogen) atoms. The largest absolute Gasteiger partial charge is 0.259 e. The van der Waals surface area contributed by atoms with Gasteiger partial charge in [0.2, 0.25) is 5.16 Å². The summed E-state index contributed by atoms with van der Waals surface area (Å²) in [5.74, 6) is 0. The van der Waals surface area contributed by atoms with Crippen LogP contribution in [0.1, 0.15) is 0 Å². The smallest absolute Gasteiger partial charge is 0.203 e. The number of benzene rings is 2. The number of hydrogen-bond acceptors (Lipinski definition) is 8. The van der Waals surface area contributed by atoms with E-state index in [1.54, 1.807) is 28.1 Å². The zero-order valence-corrected chi connectivity index (χ0v) is 18.3. The molecule has 7 aromatic rings. The van der Waals surface area contributed by atoms with E-state index in [0.29, 0.717) is 10.8 Å². The van der Waals surface area contributed by atoms with E-state index in [2.05, 4.69) is 35.3 Å². The first kappa shape index (κ1) is 18.9. The van der Waals surface area contributed by atoms with Gasteiger partial charge in [-0.3, -0.25) is 4.40 Å². The molecule has 11 heteroatoms. The Balaban J connectivity index is 1.31. The van der Waals surface area contributed by atoms with Crippen molar-refractivity contribution in [3.05, 3.63) is 85.7 Å². The molecule has 0 aliphatic carbocycles. The molecule has 0 atom stereocenters. The van der Waals surface area contributed by atoms with Crippen molar-refractivity contribution in [1.82, 2.24) is 49.1 Å². The van der Waals surface area contributed by atoms with Crippen LogP contribution in [0.3, 0.4) is 0 Å². The van der Waals surface area contributed by atoms with Gasteiger partial charge in [-0.15, -0.1) is 10.2 Å². The lowest BCUT2D eigenvalue weighted by atomic mass is 10.3. The van der Waals surface area contributed by atoms with Crippen LogP contribution in [0, 0.1) is 0 Å². The van der Waals surface area contributed by atoms with Gasteiger partial charge < -0.3 is 0 Å². The lowest BCUT2D eigenvalue weighted by Crippen LogP contribution is -1.99. The normalized spacial score (nSPS) is 11.6. The highest BCUT2D eigenvalue weighted by Crippen LogP contribution is 2.32. The molecule has 162 valence electrons. The molecule has 5 aromatic heterocycles. The monoisotopic (exact) mass is 462 g/mol. The van der Waals surface area contributed by atoms with Gasteiger partial charge in [0.1, 0.15) is 17.7 Å². The Labute approximate surface area is 195 Å². The van der Waals surface area contributed by atoms with Gasteiger partial charge in [-0.2, -0.15) is 10.2 Å². The van der Waals surface area contributed by atoms with E-state index in [9.17, 15) is 0 Å². The van der Waals surface area contributed by atoms with Crippen molar-refractivity contribution in [2.45, 2.75) is 10.2 Å². The van der Waals surface area contributed by atoms with E-state index in [1.807, 2.05) is 65.1 Å². The Hall–Kier alpha value is -4.64. The lowest BCUT2D eigenvalue weighted by molar-refractivity contribution is 0.877. The topological polar surface area (TPSA) is 104 Å². The minimum atomic E-state index is 0.643. The van der Waals surface area contributed by atoms with E-state index in [0.717, 1.165) is 38.5 Å². The SMILES string of the molecule is c1ccc(-n2ncc3c(Sc4nnc5c6cnn(-c7ccccc7)c6ncn45)ncnc32)cc1. The fourth-order valence-electron chi connectivity index (χ4n) is 3.88. The van der Waals surface area contributed by atoms with Crippen LogP contribution in [0.15, 0.2) is 95.9 Å². The Bertz CT molecular complexity index is 1790. The summed E-state index contributed by atoms with van der Waals surface area (Å²) in [6.45, 7) is 0. The van der Waals surface area contributed by atoms with Crippen LogP contribution in [0.25, 0.3) is 39.1 Å². The number of aromatic nitrogens is 10. The highest BCUT2D eigenvalue weighted by atomic mass is 32.2. The first-order valence-corrected chi connectivity index (χ1v) is 11.2. The summed E-state index contributed by atoms with van der Waals surface area (Å²) in [7, 11) is 0. The molecule has 0 N–H and O–H groups in total. The average Bonchev–Trinajstić information content (AvgIpc) is 3.62. The molecular formula is C23H14N10S. The first-order chi connectivity index (χ1) is 16.9. The van der Waals surface area contributed by atoms with Crippen LogP contribution >= 0.6 is 11.8 Å². The summed E-state index contributed by atoms with van der Waals surface area (Å²) in [6, 6.07) is 19.8. The lowest BCUT2D eigenvalue weighted by Gasteiger charge is -2.04. The zero-order chi connectivity index (χ0) is 22.5. The van der Waals surface area contributed by atoms with Crippen LogP contribution in [0.4, 0.5) is 0 Å². The molecule has 0 spiro atoms. The minimum absolute atomic E-state index is 0.643. The van der Waals surface area contributed by atoms with Gasteiger partial charge >= 0.3 is 0 Å². The Morgan fingerprint density at radius 3 is 1.97 bits per heavy atom. The summed E-state index contributed by atoms with van der Waals surface area (Å²) < 4.78 is 5.44. The molecule has 0 unspecified atom stereocenters. The molecular weight excluding hydrogens is 448 g/mol. The van der Waals surface area contributed by atoms with Crippen LogP contribution in [-0.2, 0) is 0 Å². The fraction of sp³-hybridized carbons (Fsp3) is 0. The summed E-state index contributed by atoms with van der Waals surface area (Å²) >= 11 is 1.39.